The number of nitrogens with zero attached hydrogens (tertiary/aromatic N) is 3. The van der Waals surface area contributed by atoms with E-state index in [4.69, 9.17) is 18.7 Å². The highest BCUT2D eigenvalue weighted by Gasteiger charge is 2.28. The Morgan fingerprint density at radius 1 is 1.15 bits per heavy atom. The number of benzene rings is 2. The smallest absolute Gasteiger partial charge is 0.270 e. The molecule has 0 aliphatic heterocycles. The molecule has 3 aromatic rings. The molecular weight excluding hydrogens is 444 g/mol. The van der Waals surface area contributed by atoms with Crippen LogP contribution in [-0.4, -0.2) is 42.3 Å². The predicted octanol–water partition coefficient (Wildman–Crippen LogP) is 4.19. The van der Waals surface area contributed by atoms with Gasteiger partial charge in [0.05, 0.1) is 26.3 Å². The van der Waals surface area contributed by atoms with E-state index in [9.17, 15) is 14.9 Å². The zero-order chi connectivity index (χ0) is 24.8. The summed E-state index contributed by atoms with van der Waals surface area (Å²) in [7, 11) is 4.52. The Morgan fingerprint density at radius 2 is 1.82 bits per heavy atom. The van der Waals surface area contributed by atoms with Gasteiger partial charge in [0, 0.05) is 23.3 Å². The summed E-state index contributed by atoms with van der Waals surface area (Å²) >= 11 is 0. The van der Waals surface area contributed by atoms with Crippen molar-refractivity contribution in [2.45, 2.75) is 26.3 Å². The van der Waals surface area contributed by atoms with Gasteiger partial charge in [0.15, 0.2) is 11.5 Å². The van der Waals surface area contributed by atoms with Gasteiger partial charge < -0.3 is 24.1 Å². The van der Waals surface area contributed by atoms with Crippen LogP contribution >= 0.6 is 0 Å². The van der Waals surface area contributed by atoms with Crippen LogP contribution in [0, 0.1) is 16.0 Å². The molecule has 1 heterocycles. The number of carbonyl (C=O) groups excluding carboxylic acids is 1. The fourth-order valence-electron chi connectivity index (χ4n) is 3.36. The Morgan fingerprint density at radius 3 is 2.38 bits per heavy atom. The normalized spacial score (nSPS) is 12.5. The number of hydrogen-bond acceptors (Lipinski definition) is 9. The quantitative estimate of drug-likeness (QED) is 0.341. The number of carbonyl (C=O) groups is 1. The van der Waals surface area contributed by atoms with E-state index in [0.29, 0.717) is 29.2 Å². The van der Waals surface area contributed by atoms with Gasteiger partial charge in [-0.2, -0.15) is 4.98 Å². The van der Waals surface area contributed by atoms with Crippen molar-refractivity contribution in [2.75, 3.05) is 21.3 Å². The van der Waals surface area contributed by atoms with Gasteiger partial charge in [-0.3, -0.25) is 14.9 Å². The summed E-state index contributed by atoms with van der Waals surface area (Å²) in [4.78, 5) is 27.9. The molecule has 0 aliphatic carbocycles. The highest BCUT2D eigenvalue weighted by Crippen LogP contribution is 2.40. The van der Waals surface area contributed by atoms with Crippen molar-refractivity contribution in [1.82, 2.24) is 15.5 Å². The molecule has 1 aromatic heterocycles. The number of nitro benzene ring substituents is 1. The molecule has 0 bridgehead atoms. The Labute approximate surface area is 196 Å². The maximum absolute atomic E-state index is 12.9. The fourth-order valence-corrected chi connectivity index (χ4v) is 3.36. The molecule has 0 radical (unpaired) electrons. The molecular formula is C23H26N4O7. The number of amides is 1. The van der Waals surface area contributed by atoms with Crippen molar-refractivity contribution in [3.63, 3.8) is 0 Å². The minimum atomic E-state index is -0.611. The van der Waals surface area contributed by atoms with Crippen molar-refractivity contribution in [2.24, 2.45) is 5.92 Å². The molecule has 3 rings (SSSR count). The zero-order valence-corrected chi connectivity index (χ0v) is 19.5. The van der Waals surface area contributed by atoms with Crippen molar-refractivity contribution in [3.8, 4) is 28.6 Å². The number of methoxy groups -OCH3 is 3. The minimum absolute atomic E-state index is 0.0594. The zero-order valence-electron chi connectivity index (χ0n) is 19.5. The average Bonchev–Trinajstić information content (AvgIpc) is 3.35. The lowest BCUT2D eigenvalue weighted by atomic mass is 9.98. The van der Waals surface area contributed by atoms with Gasteiger partial charge in [-0.05, 0) is 24.1 Å². The highest BCUT2D eigenvalue weighted by atomic mass is 16.6. The lowest BCUT2D eigenvalue weighted by molar-refractivity contribution is -0.384. The van der Waals surface area contributed by atoms with E-state index < -0.39 is 16.9 Å². The Bertz CT molecular complexity index is 1150. The maximum atomic E-state index is 12.9. The topological polar surface area (TPSA) is 139 Å². The van der Waals surface area contributed by atoms with Gasteiger partial charge >= 0.3 is 0 Å². The molecule has 0 saturated carbocycles. The van der Waals surface area contributed by atoms with E-state index in [2.05, 4.69) is 15.5 Å². The molecule has 11 nitrogen and oxygen atoms in total. The Kier molecular flexibility index (Phi) is 7.67. The summed E-state index contributed by atoms with van der Waals surface area (Å²) in [6.45, 7) is 3.90. The summed E-state index contributed by atoms with van der Waals surface area (Å²) < 4.78 is 21.6. The van der Waals surface area contributed by atoms with Crippen LogP contribution in [0.4, 0.5) is 5.69 Å². The monoisotopic (exact) mass is 470 g/mol. The number of hydrogen-bond donors (Lipinski definition) is 1. The van der Waals surface area contributed by atoms with Crippen LogP contribution in [0.2, 0.25) is 0 Å². The van der Waals surface area contributed by atoms with E-state index >= 15 is 0 Å². The first kappa shape index (κ1) is 24.5. The van der Waals surface area contributed by atoms with Crippen LogP contribution in [0.1, 0.15) is 42.6 Å². The Balaban J connectivity index is 1.93. The first-order valence-electron chi connectivity index (χ1n) is 10.5. The highest BCUT2D eigenvalue weighted by molar-refractivity contribution is 5.95. The van der Waals surface area contributed by atoms with Crippen LogP contribution in [-0.2, 0) is 0 Å². The van der Waals surface area contributed by atoms with Gasteiger partial charge in [0.25, 0.3) is 11.6 Å². The molecule has 0 aliphatic rings. The summed E-state index contributed by atoms with van der Waals surface area (Å²) in [5.74, 6) is 1.22. The number of nitrogens with one attached hydrogen (secondary N) is 1. The maximum Gasteiger partial charge on any atom is 0.270 e. The second-order valence-corrected chi connectivity index (χ2v) is 7.51. The van der Waals surface area contributed by atoms with Crippen molar-refractivity contribution >= 4 is 11.6 Å². The van der Waals surface area contributed by atoms with Gasteiger partial charge in [-0.1, -0.05) is 31.5 Å². The third-order valence-corrected chi connectivity index (χ3v) is 5.45. The summed E-state index contributed by atoms with van der Waals surface area (Å²) in [5.41, 5.74) is 0.555. The molecule has 2 aromatic carbocycles. The first-order chi connectivity index (χ1) is 16.3. The minimum Gasteiger partial charge on any atom is -0.493 e. The molecule has 0 unspecified atom stereocenters. The van der Waals surface area contributed by atoms with Gasteiger partial charge in [0.2, 0.25) is 17.5 Å². The largest absolute Gasteiger partial charge is 0.493 e. The molecule has 0 fully saturated rings. The van der Waals surface area contributed by atoms with Gasteiger partial charge in [-0.15, -0.1) is 0 Å². The van der Waals surface area contributed by atoms with E-state index in [0.717, 1.165) is 0 Å². The number of non-ortho nitro benzene ring substituents is 1. The molecule has 180 valence electrons. The number of nitro groups is 1. The Hall–Kier alpha value is -4.15. The standard InChI is InChI=1S/C23H26N4O7/c1-6-13(2)19(24-22(28)14-8-7-9-16(10-14)27(29)30)23-25-21(26-34-23)15-11-17(31-3)20(33-5)18(12-15)32-4/h7-13,19H,6H2,1-5H3,(H,24,28)/t13-,19+/m0/s1. The first-order valence-corrected chi connectivity index (χ1v) is 10.5. The molecule has 11 heteroatoms. The van der Waals surface area contributed by atoms with E-state index in [1.165, 1.54) is 45.6 Å². The average molecular weight is 470 g/mol. The second-order valence-electron chi connectivity index (χ2n) is 7.51. The third kappa shape index (κ3) is 5.08. The van der Waals surface area contributed by atoms with E-state index in [1.54, 1.807) is 12.1 Å². The van der Waals surface area contributed by atoms with Crippen LogP contribution < -0.4 is 19.5 Å². The number of ether oxygens (including phenoxy) is 3. The van der Waals surface area contributed by atoms with Crippen LogP contribution in [0.25, 0.3) is 11.4 Å². The van der Waals surface area contributed by atoms with Gasteiger partial charge in [0.1, 0.15) is 6.04 Å². The predicted molar refractivity (Wildman–Crippen MR) is 122 cm³/mol. The summed E-state index contributed by atoms with van der Waals surface area (Å²) in [6, 6.07) is 8.28. The third-order valence-electron chi connectivity index (χ3n) is 5.45. The second kappa shape index (κ2) is 10.6. The van der Waals surface area contributed by atoms with Gasteiger partial charge in [-0.25, -0.2) is 0 Å². The lowest BCUT2D eigenvalue weighted by Crippen LogP contribution is -2.32. The van der Waals surface area contributed by atoms with Crippen LogP contribution in [0.3, 0.4) is 0 Å². The SMILES string of the molecule is CC[C@H](C)[C@@H](NC(=O)c1cccc([N+](=O)[O-])c1)c1nc(-c2cc(OC)c(OC)c(OC)c2)no1. The number of aromatic nitrogens is 2. The molecule has 2 atom stereocenters. The molecule has 0 saturated heterocycles. The lowest BCUT2D eigenvalue weighted by Gasteiger charge is -2.20. The van der Waals surface area contributed by atoms with Crippen molar-refractivity contribution < 1.29 is 28.5 Å². The van der Waals surface area contributed by atoms with Crippen LogP contribution in [0.15, 0.2) is 40.9 Å². The summed E-state index contributed by atoms with van der Waals surface area (Å²) in [6.07, 6.45) is 0.710. The van der Waals surface area contributed by atoms with E-state index in [-0.39, 0.29) is 28.9 Å². The number of rotatable bonds is 10. The fraction of sp³-hybridized carbons (Fsp3) is 0.348. The van der Waals surface area contributed by atoms with E-state index in [1.807, 2.05) is 13.8 Å². The summed E-state index contributed by atoms with van der Waals surface area (Å²) in [5, 5.41) is 18.0. The van der Waals surface area contributed by atoms with Crippen molar-refractivity contribution in [1.29, 1.82) is 0 Å². The molecule has 0 spiro atoms. The van der Waals surface area contributed by atoms with Crippen molar-refractivity contribution in [3.05, 3.63) is 58.0 Å². The molecule has 34 heavy (non-hydrogen) atoms. The molecule has 1 N–H and O–H groups in total. The molecule has 1 amide bonds. The van der Waals surface area contributed by atoms with Crippen LogP contribution in [0.5, 0.6) is 17.2 Å².